The average molecular weight is 247 g/mol. The molecule has 2 aromatic rings. The third kappa shape index (κ3) is 2.94. The fraction of sp³-hybridized carbons (Fsp3) is 0.308. The molecule has 0 aliphatic carbocycles. The van der Waals surface area contributed by atoms with Crippen LogP contribution in [-0.4, -0.2) is 15.7 Å². The summed E-state index contributed by atoms with van der Waals surface area (Å²) in [6, 6.07) is 7.32. The highest BCUT2D eigenvalue weighted by Crippen LogP contribution is 2.14. The molecule has 18 heavy (non-hydrogen) atoms. The van der Waals surface area contributed by atoms with E-state index in [9.17, 15) is 4.79 Å². The van der Waals surface area contributed by atoms with Crippen molar-refractivity contribution in [3.05, 3.63) is 47.1 Å². The van der Waals surface area contributed by atoms with E-state index in [4.69, 9.17) is 10.5 Å². The number of nitrogens with zero attached hydrogens (tertiary/aromatic N) is 2. The molecule has 0 radical (unpaired) electrons. The fourth-order valence-corrected chi connectivity index (χ4v) is 1.71. The average Bonchev–Trinajstić information content (AvgIpc) is 2.66. The number of nitrogen functional groups attached to an aromatic ring is 1. The molecular formula is C13H17N3O2. The SMILES string of the molecule is Cn1ccn(CCCOc2cccc(N)c2)c1=O. The molecule has 5 heteroatoms. The first-order valence-corrected chi connectivity index (χ1v) is 5.87. The van der Waals surface area contributed by atoms with E-state index in [2.05, 4.69) is 0 Å². The van der Waals surface area contributed by atoms with Crippen molar-refractivity contribution in [3.8, 4) is 5.75 Å². The maximum absolute atomic E-state index is 11.5. The van der Waals surface area contributed by atoms with Crippen LogP contribution < -0.4 is 16.2 Å². The summed E-state index contributed by atoms with van der Waals surface area (Å²) in [5.41, 5.74) is 6.33. The largest absolute Gasteiger partial charge is 0.493 e. The van der Waals surface area contributed by atoms with Crippen LogP contribution in [0, 0.1) is 0 Å². The number of aromatic nitrogens is 2. The number of anilines is 1. The van der Waals surface area contributed by atoms with Crippen LogP contribution >= 0.6 is 0 Å². The van der Waals surface area contributed by atoms with Crippen LogP contribution in [0.4, 0.5) is 5.69 Å². The monoisotopic (exact) mass is 247 g/mol. The summed E-state index contributed by atoms with van der Waals surface area (Å²) in [5.74, 6) is 0.760. The van der Waals surface area contributed by atoms with Crippen LogP contribution in [0.5, 0.6) is 5.75 Å². The molecule has 1 aromatic heterocycles. The second-order valence-corrected chi connectivity index (χ2v) is 4.16. The summed E-state index contributed by atoms with van der Waals surface area (Å²) in [5, 5.41) is 0. The summed E-state index contributed by atoms with van der Waals surface area (Å²) in [6.07, 6.45) is 4.31. The summed E-state index contributed by atoms with van der Waals surface area (Å²) in [6.45, 7) is 1.22. The lowest BCUT2D eigenvalue weighted by molar-refractivity contribution is 0.301. The van der Waals surface area contributed by atoms with Crippen molar-refractivity contribution in [2.24, 2.45) is 7.05 Å². The van der Waals surface area contributed by atoms with Gasteiger partial charge in [0.25, 0.3) is 0 Å². The van der Waals surface area contributed by atoms with Crippen LogP contribution in [-0.2, 0) is 13.6 Å². The van der Waals surface area contributed by atoms with Crippen molar-refractivity contribution in [1.82, 2.24) is 9.13 Å². The highest BCUT2D eigenvalue weighted by atomic mass is 16.5. The molecule has 0 amide bonds. The van der Waals surface area contributed by atoms with E-state index in [1.165, 1.54) is 0 Å². The molecule has 0 bridgehead atoms. The lowest BCUT2D eigenvalue weighted by Crippen LogP contribution is -2.22. The lowest BCUT2D eigenvalue weighted by Gasteiger charge is -2.06. The van der Waals surface area contributed by atoms with Crippen LogP contribution in [0.25, 0.3) is 0 Å². The molecule has 2 N–H and O–H groups in total. The van der Waals surface area contributed by atoms with Crippen molar-refractivity contribution in [3.63, 3.8) is 0 Å². The molecule has 0 saturated heterocycles. The Morgan fingerprint density at radius 3 is 2.83 bits per heavy atom. The van der Waals surface area contributed by atoms with E-state index in [0.29, 0.717) is 18.8 Å². The van der Waals surface area contributed by atoms with Crippen LogP contribution in [0.15, 0.2) is 41.5 Å². The first-order valence-electron chi connectivity index (χ1n) is 5.87. The number of hydrogen-bond donors (Lipinski definition) is 1. The Bertz CT molecular complexity index is 572. The van der Waals surface area contributed by atoms with Gasteiger partial charge < -0.3 is 15.0 Å². The molecule has 0 aliphatic rings. The van der Waals surface area contributed by atoms with Gasteiger partial charge in [-0.1, -0.05) is 6.07 Å². The Morgan fingerprint density at radius 2 is 2.17 bits per heavy atom. The summed E-state index contributed by atoms with van der Waals surface area (Å²) < 4.78 is 8.78. The molecule has 96 valence electrons. The van der Waals surface area contributed by atoms with Gasteiger partial charge in [0.1, 0.15) is 5.75 Å². The van der Waals surface area contributed by atoms with Gasteiger partial charge in [-0.05, 0) is 18.6 Å². The number of aryl methyl sites for hydroxylation is 2. The summed E-state index contributed by atoms with van der Waals surface area (Å²) in [4.78, 5) is 11.5. The van der Waals surface area contributed by atoms with Gasteiger partial charge in [-0.25, -0.2) is 4.79 Å². The molecular weight excluding hydrogens is 230 g/mol. The van der Waals surface area contributed by atoms with Crippen molar-refractivity contribution >= 4 is 5.69 Å². The first kappa shape index (κ1) is 12.3. The maximum Gasteiger partial charge on any atom is 0.327 e. The van der Waals surface area contributed by atoms with Gasteiger partial charge in [0.15, 0.2) is 0 Å². The predicted octanol–water partition coefficient (Wildman–Crippen LogP) is 1.24. The van der Waals surface area contributed by atoms with Crippen LogP contribution in [0.2, 0.25) is 0 Å². The smallest absolute Gasteiger partial charge is 0.327 e. The molecule has 0 atom stereocenters. The van der Waals surface area contributed by atoms with Gasteiger partial charge in [0, 0.05) is 37.7 Å². The topological polar surface area (TPSA) is 62.2 Å². The van der Waals surface area contributed by atoms with E-state index in [0.717, 1.165) is 12.2 Å². The Kier molecular flexibility index (Phi) is 3.72. The molecule has 0 saturated carbocycles. The van der Waals surface area contributed by atoms with Gasteiger partial charge in [0.05, 0.1) is 6.61 Å². The molecule has 2 rings (SSSR count). The van der Waals surface area contributed by atoms with E-state index in [-0.39, 0.29) is 5.69 Å². The first-order chi connectivity index (χ1) is 8.66. The Labute approximate surface area is 105 Å². The zero-order chi connectivity index (χ0) is 13.0. The highest BCUT2D eigenvalue weighted by molar-refractivity contribution is 5.43. The van der Waals surface area contributed by atoms with Gasteiger partial charge in [0.2, 0.25) is 0 Å². The lowest BCUT2D eigenvalue weighted by atomic mass is 10.3. The zero-order valence-electron chi connectivity index (χ0n) is 10.4. The normalized spacial score (nSPS) is 10.5. The number of imidazole rings is 1. The van der Waals surface area contributed by atoms with E-state index in [1.807, 2.05) is 18.2 Å². The summed E-state index contributed by atoms with van der Waals surface area (Å²) in [7, 11) is 1.74. The molecule has 0 aliphatic heterocycles. The van der Waals surface area contributed by atoms with E-state index < -0.39 is 0 Å². The summed E-state index contributed by atoms with van der Waals surface area (Å²) >= 11 is 0. The minimum Gasteiger partial charge on any atom is -0.493 e. The van der Waals surface area contributed by atoms with Gasteiger partial charge >= 0.3 is 5.69 Å². The Hall–Kier alpha value is -2.17. The zero-order valence-corrected chi connectivity index (χ0v) is 10.4. The van der Waals surface area contributed by atoms with Gasteiger partial charge in [-0.2, -0.15) is 0 Å². The number of rotatable bonds is 5. The minimum atomic E-state index is -0.000967. The molecule has 0 fully saturated rings. The number of benzene rings is 1. The van der Waals surface area contributed by atoms with Gasteiger partial charge in [-0.15, -0.1) is 0 Å². The molecule has 0 spiro atoms. The van der Waals surface area contributed by atoms with Crippen LogP contribution in [0.1, 0.15) is 6.42 Å². The molecule has 0 unspecified atom stereocenters. The van der Waals surface area contributed by atoms with E-state index >= 15 is 0 Å². The Morgan fingerprint density at radius 1 is 1.33 bits per heavy atom. The standard InChI is InChI=1S/C13H17N3O2/c1-15-7-8-16(13(15)17)6-3-9-18-12-5-2-4-11(14)10-12/h2,4-5,7-8,10H,3,6,9,14H2,1H3. The highest BCUT2D eigenvalue weighted by Gasteiger charge is 1.99. The molecule has 1 aromatic carbocycles. The minimum absolute atomic E-state index is 0.000967. The van der Waals surface area contributed by atoms with Crippen molar-refractivity contribution < 1.29 is 4.74 Å². The quantitative estimate of drug-likeness (QED) is 0.638. The third-order valence-corrected chi connectivity index (χ3v) is 2.69. The maximum atomic E-state index is 11.5. The van der Waals surface area contributed by atoms with Crippen molar-refractivity contribution in [2.45, 2.75) is 13.0 Å². The second kappa shape index (κ2) is 5.44. The Balaban J connectivity index is 1.80. The molecule has 5 nitrogen and oxygen atoms in total. The van der Waals surface area contributed by atoms with Gasteiger partial charge in [-0.3, -0.25) is 4.57 Å². The third-order valence-electron chi connectivity index (χ3n) is 2.69. The van der Waals surface area contributed by atoms with Crippen molar-refractivity contribution in [2.75, 3.05) is 12.3 Å². The second-order valence-electron chi connectivity index (χ2n) is 4.16. The van der Waals surface area contributed by atoms with Crippen LogP contribution in [0.3, 0.4) is 0 Å². The number of nitrogens with two attached hydrogens (primary N) is 1. The van der Waals surface area contributed by atoms with E-state index in [1.54, 1.807) is 34.6 Å². The molecule has 1 heterocycles. The van der Waals surface area contributed by atoms with Crippen molar-refractivity contribution in [1.29, 1.82) is 0 Å². The fourth-order valence-electron chi connectivity index (χ4n) is 1.71. The number of hydrogen-bond acceptors (Lipinski definition) is 3. The number of ether oxygens (including phenoxy) is 1. The predicted molar refractivity (Wildman–Crippen MR) is 70.6 cm³/mol.